The molecule has 2 amide bonds. The highest BCUT2D eigenvalue weighted by atomic mass is 35.5. The van der Waals surface area contributed by atoms with Gasteiger partial charge in [0.1, 0.15) is 5.75 Å². The fraction of sp³-hybridized carbons (Fsp3) is 0.417. The molecule has 94 valence electrons. The van der Waals surface area contributed by atoms with Crippen molar-refractivity contribution in [3.8, 4) is 5.75 Å². The lowest BCUT2D eigenvalue weighted by Crippen LogP contribution is -2.34. The maximum atomic E-state index is 11.4. The van der Waals surface area contributed by atoms with Crippen molar-refractivity contribution in [1.82, 2.24) is 10.2 Å². The molecule has 0 radical (unpaired) electrons. The average Bonchev–Trinajstić information content (AvgIpc) is 2.32. The van der Waals surface area contributed by atoms with Crippen LogP contribution in [0.1, 0.15) is 11.1 Å². The summed E-state index contributed by atoms with van der Waals surface area (Å²) < 4.78 is 5.28. The number of benzene rings is 1. The zero-order valence-electron chi connectivity index (χ0n) is 10.5. The third-order valence-electron chi connectivity index (χ3n) is 2.53. The smallest absolute Gasteiger partial charge is 0.317 e. The molecule has 17 heavy (non-hydrogen) atoms. The fourth-order valence-electron chi connectivity index (χ4n) is 1.53. The van der Waals surface area contributed by atoms with Crippen molar-refractivity contribution in [2.24, 2.45) is 0 Å². The number of nitrogens with zero attached hydrogens (tertiary/aromatic N) is 1. The van der Waals surface area contributed by atoms with Gasteiger partial charge in [0.15, 0.2) is 0 Å². The molecule has 0 bridgehead atoms. The van der Waals surface area contributed by atoms with Crippen molar-refractivity contribution in [2.45, 2.75) is 13.5 Å². The molecule has 0 fully saturated rings. The van der Waals surface area contributed by atoms with Crippen LogP contribution < -0.4 is 10.1 Å². The molecule has 0 aliphatic rings. The summed E-state index contributed by atoms with van der Waals surface area (Å²) in [4.78, 5) is 13.0. The molecule has 0 unspecified atom stereocenters. The number of halogens is 1. The summed E-state index contributed by atoms with van der Waals surface area (Å²) >= 11 is 6.07. The number of hydrogen-bond donors (Lipinski definition) is 1. The molecule has 0 saturated carbocycles. The molecule has 0 aliphatic carbocycles. The van der Waals surface area contributed by atoms with Crippen LogP contribution >= 0.6 is 11.6 Å². The Hall–Kier alpha value is -1.42. The van der Waals surface area contributed by atoms with Crippen LogP contribution in [0.5, 0.6) is 5.75 Å². The average molecular weight is 257 g/mol. The number of nitrogens with one attached hydrogen (secondary N) is 1. The van der Waals surface area contributed by atoms with Crippen LogP contribution in [-0.2, 0) is 6.54 Å². The van der Waals surface area contributed by atoms with Crippen LogP contribution in [0.15, 0.2) is 12.1 Å². The van der Waals surface area contributed by atoms with Gasteiger partial charge in [0, 0.05) is 24.7 Å². The lowest BCUT2D eigenvalue weighted by Gasteiger charge is -2.19. The first-order valence-electron chi connectivity index (χ1n) is 5.25. The largest absolute Gasteiger partial charge is 0.496 e. The third kappa shape index (κ3) is 3.27. The van der Waals surface area contributed by atoms with E-state index in [0.29, 0.717) is 11.6 Å². The van der Waals surface area contributed by atoms with Crippen LogP contribution in [0.25, 0.3) is 0 Å². The van der Waals surface area contributed by atoms with Crippen LogP contribution in [-0.4, -0.2) is 32.1 Å². The van der Waals surface area contributed by atoms with Crippen molar-refractivity contribution in [2.75, 3.05) is 21.2 Å². The predicted octanol–water partition coefficient (Wildman–Crippen LogP) is 2.43. The first-order chi connectivity index (χ1) is 7.99. The second kappa shape index (κ2) is 5.77. The van der Waals surface area contributed by atoms with Crippen LogP contribution in [0.2, 0.25) is 5.02 Å². The van der Waals surface area contributed by atoms with Crippen molar-refractivity contribution >= 4 is 17.6 Å². The zero-order valence-corrected chi connectivity index (χ0v) is 11.3. The molecular weight excluding hydrogens is 240 g/mol. The highest BCUT2D eigenvalue weighted by Crippen LogP contribution is 2.27. The summed E-state index contributed by atoms with van der Waals surface area (Å²) in [5.41, 5.74) is 1.84. The highest BCUT2D eigenvalue weighted by Gasteiger charge is 2.12. The highest BCUT2D eigenvalue weighted by molar-refractivity contribution is 6.31. The van der Waals surface area contributed by atoms with E-state index in [2.05, 4.69) is 5.32 Å². The molecule has 0 atom stereocenters. The second-order valence-corrected chi connectivity index (χ2v) is 4.23. The first-order valence-corrected chi connectivity index (χ1v) is 5.63. The minimum atomic E-state index is -0.149. The zero-order chi connectivity index (χ0) is 13.0. The number of urea groups is 1. The van der Waals surface area contributed by atoms with Gasteiger partial charge in [0.25, 0.3) is 0 Å². The molecule has 0 heterocycles. The second-order valence-electron chi connectivity index (χ2n) is 3.82. The lowest BCUT2D eigenvalue weighted by molar-refractivity contribution is 0.208. The Labute approximate surface area is 107 Å². The van der Waals surface area contributed by atoms with Gasteiger partial charge >= 0.3 is 6.03 Å². The first kappa shape index (κ1) is 13.6. The topological polar surface area (TPSA) is 41.6 Å². The summed E-state index contributed by atoms with van der Waals surface area (Å²) in [6.45, 7) is 2.36. The van der Waals surface area contributed by atoms with Crippen molar-refractivity contribution in [3.63, 3.8) is 0 Å². The molecule has 4 nitrogen and oxygen atoms in total. The predicted molar refractivity (Wildman–Crippen MR) is 68.7 cm³/mol. The van der Waals surface area contributed by atoms with E-state index in [0.717, 1.165) is 16.9 Å². The lowest BCUT2D eigenvalue weighted by atomic mass is 10.1. The van der Waals surface area contributed by atoms with Gasteiger partial charge in [0.2, 0.25) is 0 Å². The monoisotopic (exact) mass is 256 g/mol. The summed E-state index contributed by atoms with van der Waals surface area (Å²) in [7, 11) is 4.91. The number of hydrogen-bond acceptors (Lipinski definition) is 2. The van der Waals surface area contributed by atoms with Gasteiger partial charge in [-0.2, -0.15) is 0 Å². The van der Waals surface area contributed by atoms with E-state index < -0.39 is 0 Å². The number of aryl methyl sites for hydroxylation is 1. The number of carbonyl (C=O) groups is 1. The summed E-state index contributed by atoms with van der Waals surface area (Å²) in [6.07, 6.45) is 0. The minimum Gasteiger partial charge on any atom is -0.496 e. The summed E-state index contributed by atoms with van der Waals surface area (Å²) in [5, 5.41) is 3.23. The normalized spacial score (nSPS) is 9.94. The molecule has 5 heteroatoms. The Bertz CT molecular complexity index is 421. The Kier molecular flexibility index (Phi) is 4.63. The Balaban J connectivity index is 2.97. The van der Waals surface area contributed by atoms with Crippen LogP contribution in [0, 0.1) is 6.92 Å². The van der Waals surface area contributed by atoms with Gasteiger partial charge in [-0.15, -0.1) is 0 Å². The fourth-order valence-corrected chi connectivity index (χ4v) is 1.71. The number of ether oxygens (including phenoxy) is 1. The molecule has 0 aromatic heterocycles. The Morgan fingerprint density at radius 3 is 2.71 bits per heavy atom. The maximum absolute atomic E-state index is 11.4. The molecule has 0 spiro atoms. The number of carbonyl (C=O) groups excluding carboxylic acids is 1. The van der Waals surface area contributed by atoms with Crippen molar-refractivity contribution in [3.05, 3.63) is 28.3 Å². The third-order valence-corrected chi connectivity index (χ3v) is 2.94. The number of methoxy groups -OCH3 is 1. The summed E-state index contributed by atoms with van der Waals surface area (Å²) in [5.74, 6) is 0.739. The summed E-state index contributed by atoms with van der Waals surface area (Å²) in [6, 6.07) is 3.55. The van der Waals surface area contributed by atoms with Gasteiger partial charge in [-0.05, 0) is 24.6 Å². The standard InChI is InChI=1S/C12H17ClN2O2/c1-8-5-11(17-4)9(6-10(8)13)7-15(3)12(16)14-2/h5-6H,7H2,1-4H3,(H,14,16). The van der Waals surface area contributed by atoms with E-state index in [9.17, 15) is 4.79 Å². The van der Waals surface area contributed by atoms with E-state index in [-0.39, 0.29) is 6.03 Å². The number of rotatable bonds is 3. The molecule has 0 saturated heterocycles. The van der Waals surface area contributed by atoms with E-state index in [1.807, 2.05) is 19.1 Å². The Morgan fingerprint density at radius 1 is 1.53 bits per heavy atom. The molecule has 1 N–H and O–H groups in total. The quantitative estimate of drug-likeness (QED) is 0.903. The van der Waals surface area contributed by atoms with Crippen molar-refractivity contribution in [1.29, 1.82) is 0 Å². The molecule has 1 aromatic rings. The van der Waals surface area contributed by atoms with E-state index >= 15 is 0 Å². The van der Waals surface area contributed by atoms with E-state index in [4.69, 9.17) is 16.3 Å². The van der Waals surface area contributed by atoms with Crippen LogP contribution in [0.3, 0.4) is 0 Å². The SMILES string of the molecule is CNC(=O)N(C)Cc1cc(Cl)c(C)cc1OC. The maximum Gasteiger partial charge on any atom is 0.317 e. The van der Waals surface area contributed by atoms with E-state index in [1.165, 1.54) is 0 Å². The molecule has 1 rings (SSSR count). The van der Waals surface area contributed by atoms with Gasteiger partial charge in [-0.1, -0.05) is 11.6 Å². The van der Waals surface area contributed by atoms with Gasteiger partial charge in [-0.3, -0.25) is 0 Å². The van der Waals surface area contributed by atoms with Gasteiger partial charge in [0.05, 0.1) is 13.7 Å². The van der Waals surface area contributed by atoms with Crippen LogP contribution in [0.4, 0.5) is 4.79 Å². The molecule has 1 aromatic carbocycles. The van der Waals surface area contributed by atoms with Gasteiger partial charge in [-0.25, -0.2) is 4.79 Å². The molecular formula is C12H17ClN2O2. The van der Waals surface area contributed by atoms with Gasteiger partial charge < -0.3 is 15.0 Å². The number of amides is 2. The Morgan fingerprint density at radius 2 is 2.18 bits per heavy atom. The molecule has 0 aliphatic heterocycles. The van der Waals surface area contributed by atoms with Crippen molar-refractivity contribution < 1.29 is 9.53 Å². The van der Waals surface area contributed by atoms with E-state index in [1.54, 1.807) is 26.1 Å². The minimum absolute atomic E-state index is 0.149.